The fourth-order valence-electron chi connectivity index (χ4n) is 4.24. The molecule has 0 aliphatic rings. The molecule has 0 heterocycles. The zero-order chi connectivity index (χ0) is 29.4. The maximum Gasteiger partial charge on any atom is 0.509 e. The average Bonchev–Trinajstić information content (AvgIpc) is 2.69. The number of nitrogens with zero attached hydrogens (tertiary/aromatic N) is 1. The molecule has 0 bridgehead atoms. The highest BCUT2D eigenvalue weighted by atomic mass is 16.7. The van der Waals surface area contributed by atoms with Crippen molar-refractivity contribution >= 4 is 12.3 Å². The maximum absolute atomic E-state index is 12.7. The van der Waals surface area contributed by atoms with Gasteiger partial charge < -0.3 is 18.9 Å². The van der Waals surface area contributed by atoms with Crippen molar-refractivity contribution in [2.24, 2.45) is 10.8 Å². The maximum atomic E-state index is 12.7. The summed E-state index contributed by atoms with van der Waals surface area (Å²) < 4.78 is 22.8. The van der Waals surface area contributed by atoms with Gasteiger partial charge in [0.25, 0.3) is 0 Å². The number of rotatable bonds is 12. The molecule has 0 aliphatic heterocycles. The van der Waals surface area contributed by atoms with Gasteiger partial charge in [-0.15, -0.1) is 0 Å². The Kier molecular flexibility index (Phi) is 12.1. The third-order valence-corrected chi connectivity index (χ3v) is 6.71. The van der Waals surface area contributed by atoms with Gasteiger partial charge >= 0.3 is 12.3 Å². The molecule has 0 fully saturated rings. The Bertz CT molecular complexity index is 867. The minimum absolute atomic E-state index is 0.0333. The Balaban J connectivity index is 3.03. The predicted octanol–water partition coefficient (Wildman–Crippen LogP) is 8.00. The van der Waals surface area contributed by atoms with Gasteiger partial charge in [-0.2, -0.15) is 0 Å². The van der Waals surface area contributed by atoms with Gasteiger partial charge in [0, 0.05) is 18.5 Å². The Labute approximate surface area is 231 Å². The molecular formula is C31H53NO6. The molecule has 218 valence electrons. The molecule has 0 amide bonds. The molecule has 0 N–H and O–H groups in total. The van der Waals surface area contributed by atoms with E-state index in [0.717, 1.165) is 19.5 Å². The number of hydrogen-bond donors (Lipinski definition) is 0. The van der Waals surface area contributed by atoms with E-state index in [1.165, 1.54) is 5.56 Å². The third-order valence-electron chi connectivity index (χ3n) is 6.71. The van der Waals surface area contributed by atoms with Crippen LogP contribution in [-0.4, -0.2) is 53.7 Å². The molecule has 0 saturated carbocycles. The molecule has 0 aliphatic carbocycles. The van der Waals surface area contributed by atoms with Crippen molar-refractivity contribution in [1.82, 2.24) is 4.90 Å². The Morgan fingerprint density at radius 2 is 1.37 bits per heavy atom. The summed E-state index contributed by atoms with van der Waals surface area (Å²) in [6.45, 7) is 25.5. The van der Waals surface area contributed by atoms with Crippen LogP contribution in [0.15, 0.2) is 30.3 Å². The highest BCUT2D eigenvalue weighted by molar-refractivity contribution is 5.61. The van der Waals surface area contributed by atoms with Crippen molar-refractivity contribution in [3.8, 4) is 0 Å². The molecule has 0 radical (unpaired) electrons. The van der Waals surface area contributed by atoms with E-state index in [9.17, 15) is 9.59 Å². The van der Waals surface area contributed by atoms with Gasteiger partial charge in [0.15, 0.2) is 0 Å². The lowest BCUT2D eigenvalue weighted by atomic mass is 9.73. The molecule has 7 heteroatoms. The number of ether oxygens (including phenoxy) is 4. The summed E-state index contributed by atoms with van der Waals surface area (Å²) in [5.41, 5.74) is -0.900. The van der Waals surface area contributed by atoms with E-state index in [1.54, 1.807) is 0 Å². The van der Waals surface area contributed by atoms with Crippen LogP contribution in [0.5, 0.6) is 0 Å². The highest BCUT2D eigenvalue weighted by Gasteiger charge is 2.44. The number of benzene rings is 1. The lowest BCUT2D eigenvalue weighted by Gasteiger charge is -2.42. The van der Waals surface area contributed by atoms with Crippen LogP contribution in [0.25, 0.3) is 0 Å². The van der Waals surface area contributed by atoms with E-state index in [4.69, 9.17) is 18.9 Å². The summed E-state index contributed by atoms with van der Waals surface area (Å²) in [6, 6.07) is 10.2. The van der Waals surface area contributed by atoms with E-state index in [-0.39, 0.29) is 11.5 Å². The van der Waals surface area contributed by atoms with Crippen molar-refractivity contribution in [2.45, 2.75) is 126 Å². The third kappa shape index (κ3) is 13.0. The van der Waals surface area contributed by atoms with Gasteiger partial charge in [0.1, 0.15) is 23.4 Å². The van der Waals surface area contributed by atoms with E-state index >= 15 is 0 Å². The molecule has 1 aromatic rings. The minimum Gasteiger partial charge on any atom is -0.431 e. The molecule has 0 aromatic heterocycles. The van der Waals surface area contributed by atoms with Gasteiger partial charge in [-0.05, 0) is 71.9 Å². The molecule has 2 atom stereocenters. The number of hydrogen-bond acceptors (Lipinski definition) is 7. The number of carbonyl (C=O) groups excluding carboxylic acids is 2. The van der Waals surface area contributed by atoms with E-state index in [2.05, 4.69) is 44.7 Å². The second-order valence-electron chi connectivity index (χ2n) is 13.7. The molecule has 38 heavy (non-hydrogen) atoms. The van der Waals surface area contributed by atoms with Gasteiger partial charge in [-0.1, -0.05) is 71.9 Å². The van der Waals surface area contributed by atoms with Crippen LogP contribution in [0.3, 0.4) is 0 Å². The van der Waals surface area contributed by atoms with Gasteiger partial charge in [0.05, 0.1) is 0 Å². The molecule has 0 spiro atoms. The second kappa shape index (κ2) is 13.7. The number of likely N-dealkylation sites (N-methyl/N-ethyl adjacent to an activating group) is 1. The van der Waals surface area contributed by atoms with Crippen LogP contribution in [0, 0.1) is 10.8 Å². The summed E-state index contributed by atoms with van der Waals surface area (Å²) in [7, 11) is 0. The fraction of sp³-hybridized carbons (Fsp3) is 0.742. The lowest BCUT2D eigenvalue weighted by Crippen LogP contribution is -2.48. The highest BCUT2D eigenvalue weighted by Crippen LogP contribution is 2.39. The molecule has 7 nitrogen and oxygen atoms in total. The van der Waals surface area contributed by atoms with Crippen molar-refractivity contribution in [2.75, 3.05) is 13.1 Å². The second-order valence-corrected chi connectivity index (χ2v) is 13.7. The standard InChI is InChI=1S/C31H53NO6/c1-13-32(21-24-17-15-14-16-18-24)22-25(36-27(34)37-29(6,7)8)20-30(9,10)31(11,12)38-26(33)35-23(2)19-28(3,4)5/h14-18,23,25H,13,19-22H2,1-12H3. The van der Waals surface area contributed by atoms with Crippen molar-refractivity contribution in [3.63, 3.8) is 0 Å². The summed E-state index contributed by atoms with van der Waals surface area (Å²) >= 11 is 0. The first kappa shape index (κ1) is 33.7. The first-order valence-corrected chi connectivity index (χ1v) is 13.8. The van der Waals surface area contributed by atoms with Gasteiger partial charge in [0.2, 0.25) is 0 Å². The van der Waals surface area contributed by atoms with Gasteiger partial charge in [-0.25, -0.2) is 9.59 Å². The quantitative estimate of drug-likeness (QED) is 0.251. The zero-order valence-electron chi connectivity index (χ0n) is 26.0. The van der Waals surface area contributed by atoms with Crippen molar-refractivity contribution < 1.29 is 28.5 Å². The molecule has 1 rings (SSSR count). The summed E-state index contributed by atoms with van der Waals surface area (Å²) in [5, 5.41) is 0. The molecular weight excluding hydrogens is 482 g/mol. The lowest BCUT2D eigenvalue weighted by molar-refractivity contribution is -0.109. The normalized spacial score (nSPS) is 14.6. The van der Waals surface area contributed by atoms with Crippen molar-refractivity contribution in [3.05, 3.63) is 35.9 Å². The van der Waals surface area contributed by atoms with Crippen LogP contribution < -0.4 is 0 Å². The fourth-order valence-corrected chi connectivity index (χ4v) is 4.24. The summed E-state index contributed by atoms with van der Waals surface area (Å²) in [4.78, 5) is 27.6. The Morgan fingerprint density at radius 1 is 0.816 bits per heavy atom. The van der Waals surface area contributed by atoms with Gasteiger partial charge in [-0.3, -0.25) is 4.90 Å². The zero-order valence-corrected chi connectivity index (χ0v) is 26.0. The van der Waals surface area contributed by atoms with Crippen LogP contribution in [0.2, 0.25) is 0 Å². The molecule has 2 unspecified atom stereocenters. The van der Waals surface area contributed by atoms with Crippen LogP contribution in [-0.2, 0) is 25.5 Å². The predicted molar refractivity (Wildman–Crippen MR) is 152 cm³/mol. The Hall–Kier alpha value is -2.28. The first-order valence-electron chi connectivity index (χ1n) is 13.8. The van der Waals surface area contributed by atoms with E-state index in [1.807, 2.05) is 73.6 Å². The summed E-state index contributed by atoms with van der Waals surface area (Å²) in [6.07, 6.45) is -0.962. The SMILES string of the molecule is CCN(Cc1ccccc1)CC(CC(C)(C)C(C)(C)OC(=O)OC(C)CC(C)(C)C)OC(=O)OC(C)(C)C. The average molecular weight is 536 g/mol. The van der Waals surface area contributed by atoms with Crippen molar-refractivity contribution in [1.29, 1.82) is 0 Å². The van der Waals surface area contributed by atoms with Crippen LogP contribution in [0.1, 0.15) is 101 Å². The minimum atomic E-state index is -0.891. The largest absolute Gasteiger partial charge is 0.509 e. The van der Waals surface area contributed by atoms with Crippen LogP contribution >= 0.6 is 0 Å². The monoisotopic (exact) mass is 535 g/mol. The van der Waals surface area contributed by atoms with E-state index in [0.29, 0.717) is 13.0 Å². The van der Waals surface area contributed by atoms with Crippen LogP contribution in [0.4, 0.5) is 9.59 Å². The Morgan fingerprint density at radius 3 is 1.87 bits per heavy atom. The van der Waals surface area contributed by atoms with E-state index < -0.39 is 35.0 Å². The molecule has 1 aromatic carbocycles. The topological polar surface area (TPSA) is 74.3 Å². The smallest absolute Gasteiger partial charge is 0.431 e. The summed E-state index contributed by atoms with van der Waals surface area (Å²) in [5.74, 6) is 0. The molecule has 0 saturated heterocycles. The first-order chi connectivity index (χ1) is 17.2. The number of carbonyl (C=O) groups is 2.